The molecular formula is C19H18FN3O3S. The maximum atomic E-state index is 13.2. The van der Waals surface area contributed by atoms with Crippen molar-refractivity contribution in [2.75, 3.05) is 5.32 Å². The molecule has 2 amide bonds. The summed E-state index contributed by atoms with van der Waals surface area (Å²) in [4.78, 5) is 25.7. The molecule has 140 valence electrons. The highest BCUT2D eigenvalue weighted by molar-refractivity contribution is 7.17. The number of anilines is 1. The van der Waals surface area contributed by atoms with Crippen molar-refractivity contribution < 1.29 is 18.5 Å². The van der Waals surface area contributed by atoms with E-state index >= 15 is 0 Å². The third-order valence-corrected chi connectivity index (χ3v) is 5.21. The van der Waals surface area contributed by atoms with Crippen LogP contribution in [0.3, 0.4) is 0 Å². The maximum absolute atomic E-state index is 13.2. The Morgan fingerprint density at radius 1 is 1.22 bits per heavy atom. The van der Waals surface area contributed by atoms with E-state index in [0.717, 1.165) is 4.88 Å². The molecule has 8 heteroatoms. The van der Waals surface area contributed by atoms with Crippen molar-refractivity contribution in [2.24, 2.45) is 5.73 Å². The Kier molecular flexibility index (Phi) is 5.09. The van der Waals surface area contributed by atoms with Crippen LogP contribution < -0.4 is 11.1 Å². The second-order valence-corrected chi connectivity index (χ2v) is 7.20. The quantitative estimate of drug-likeness (QED) is 0.689. The van der Waals surface area contributed by atoms with Gasteiger partial charge in [0.1, 0.15) is 22.1 Å². The number of halogens is 1. The lowest BCUT2D eigenvalue weighted by Gasteiger charge is -2.07. The van der Waals surface area contributed by atoms with Crippen LogP contribution in [0.15, 0.2) is 28.8 Å². The number of hydrogen-bond donors (Lipinski definition) is 2. The van der Waals surface area contributed by atoms with Crippen molar-refractivity contribution in [1.29, 1.82) is 0 Å². The predicted molar refractivity (Wildman–Crippen MR) is 102 cm³/mol. The minimum absolute atomic E-state index is 0.199. The first-order valence-corrected chi connectivity index (χ1v) is 9.10. The first kappa shape index (κ1) is 18.8. The molecule has 0 bridgehead atoms. The molecule has 0 fully saturated rings. The van der Waals surface area contributed by atoms with E-state index in [-0.39, 0.29) is 11.4 Å². The summed E-state index contributed by atoms with van der Waals surface area (Å²) in [6, 6.07) is 5.76. The van der Waals surface area contributed by atoms with E-state index in [1.807, 2.05) is 13.8 Å². The van der Waals surface area contributed by atoms with Crippen LogP contribution >= 0.6 is 11.3 Å². The molecule has 0 aliphatic carbocycles. The Balaban J connectivity index is 2.05. The highest BCUT2D eigenvalue weighted by Crippen LogP contribution is 2.40. The Labute approximate surface area is 159 Å². The van der Waals surface area contributed by atoms with Gasteiger partial charge < -0.3 is 15.6 Å². The second-order valence-electron chi connectivity index (χ2n) is 5.98. The lowest BCUT2D eigenvalue weighted by molar-refractivity contribution is 0.100. The van der Waals surface area contributed by atoms with Crippen LogP contribution in [0.25, 0.3) is 11.1 Å². The monoisotopic (exact) mass is 387 g/mol. The Morgan fingerprint density at radius 3 is 2.48 bits per heavy atom. The van der Waals surface area contributed by atoms with Crippen LogP contribution in [-0.2, 0) is 6.42 Å². The summed E-state index contributed by atoms with van der Waals surface area (Å²) in [5.74, 6) is -1.07. The number of aromatic nitrogens is 1. The van der Waals surface area contributed by atoms with E-state index in [2.05, 4.69) is 10.5 Å². The van der Waals surface area contributed by atoms with Crippen molar-refractivity contribution in [1.82, 2.24) is 5.16 Å². The fraction of sp³-hybridized carbons (Fsp3) is 0.211. The lowest BCUT2D eigenvalue weighted by Crippen LogP contribution is -2.18. The zero-order chi connectivity index (χ0) is 19.7. The van der Waals surface area contributed by atoms with Crippen LogP contribution in [0.1, 0.15) is 44.0 Å². The number of nitrogens with zero attached hydrogens (tertiary/aromatic N) is 1. The lowest BCUT2D eigenvalue weighted by atomic mass is 10.0. The summed E-state index contributed by atoms with van der Waals surface area (Å²) in [6.45, 7) is 5.33. The molecule has 0 spiro atoms. The van der Waals surface area contributed by atoms with Crippen LogP contribution in [0, 0.1) is 19.7 Å². The standard InChI is InChI=1S/C19H18FN3O3S/c1-4-13-14(9(2)26-23-13)18(25)22-19-16(17(21)24)15(10(3)27-19)11-5-7-12(20)8-6-11/h5-8H,4H2,1-3H3,(H2,21,24)(H,22,25). The van der Waals surface area contributed by atoms with Crippen molar-refractivity contribution in [3.63, 3.8) is 0 Å². The number of nitrogens with two attached hydrogens (primary N) is 1. The molecule has 0 saturated heterocycles. The number of thiophene rings is 1. The molecule has 2 heterocycles. The Morgan fingerprint density at radius 2 is 1.89 bits per heavy atom. The molecular weight excluding hydrogens is 369 g/mol. The van der Waals surface area contributed by atoms with Crippen LogP contribution in [-0.4, -0.2) is 17.0 Å². The maximum Gasteiger partial charge on any atom is 0.261 e. The fourth-order valence-electron chi connectivity index (χ4n) is 2.95. The van der Waals surface area contributed by atoms with E-state index in [9.17, 15) is 14.0 Å². The molecule has 0 aliphatic rings. The SMILES string of the molecule is CCc1noc(C)c1C(=O)Nc1sc(C)c(-c2ccc(F)cc2)c1C(N)=O. The highest BCUT2D eigenvalue weighted by atomic mass is 32.1. The highest BCUT2D eigenvalue weighted by Gasteiger charge is 2.25. The summed E-state index contributed by atoms with van der Waals surface area (Å²) in [6.07, 6.45) is 0.535. The molecule has 0 aliphatic heterocycles. The Hall–Kier alpha value is -3.00. The van der Waals surface area contributed by atoms with Crippen LogP contribution in [0.5, 0.6) is 0 Å². The van der Waals surface area contributed by atoms with E-state index in [1.165, 1.54) is 23.5 Å². The largest absolute Gasteiger partial charge is 0.365 e. The minimum Gasteiger partial charge on any atom is -0.365 e. The van der Waals surface area contributed by atoms with E-state index < -0.39 is 11.8 Å². The van der Waals surface area contributed by atoms with E-state index in [1.54, 1.807) is 19.1 Å². The Bertz CT molecular complexity index is 1020. The van der Waals surface area contributed by atoms with E-state index in [0.29, 0.717) is 39.6 Å². The van der Waals surface area contributed by atoms with Crippen LogP contribution in [0.4, 0.5) is 9.39 Å². The summed E-state index contributed by atoms with van der Waals surface area (Å²) in [5.41, 5.74) is 7.91. The van der Waals surface area contributed by atoms with Gasteiger partial charge in [0, 0.05) is 10.4 Å². The summed E-state index contributed by atoms with van der Waals surface area (Å²) in [7, 11) is 0. The van der Waals surface area contributed by atoms with Gasteiger partial charge in [0.15, 0.2) is 0 Å². The molecule has 0 atom stereocenters. The number of hydrogen-bond acceptors (Lipinski definition) is 5. The van der Waals surface area contributed by atoms with Crippen molar-refractivity contribution in [2.45, 2.75) is 27.2 Å². The molecule has 1 aromatic carbocycles. The number of benzene rings is 1. The first-order chi connectivity index (χ1) is 12.8. The van der Waals surface area contributed by atoms with Crippen molar-refractivity contribution in [3.8, 4) is 11.1 Å². The number of aryl methyl sites for hydroxylation is 3. The number of primary amides is 1. The summed E-state index contributed by atoms with van der Waals surface area (Å²) < 4.78 is 18.3. The van der Waals surface area contributed by atoms with Gasteiger partial charge in [-0.05, 0) is 38.0 Å². The van der Waals surface area contributed by atoms with Gasteiger partial charge >= 0.3 is 0 Å². The number of carbonyl (C=O) groups is 2. The topological polar surface area (TPSA) is 98.2 Å². The van der Waals surface area contributed by atoms with Gasteiger partial charge in [-0.25, -0.2) is 4.39 Å². The van der Waals surface area contributed by atoms with Gasteiger partial charge in [0.25, 0.3) is 11.8 Å². The van der Waals surface area contributed by atoms with Crippen molar-refractivity contribution in [3.05, 3.63) is 57.5 Å². The molecule has 0 saturated carbocycles. The van der Waals surface area contributed by atoms with E-state index in [4.69, 9.17) is 10.3 Å². The predicted octanol–water partition coefficient (Wildman–Crippen LogP) is 4.07. The molecule has 0 unspecified atom stereocenters. The number of rotatable bonds is 5. The van der Waals surface area contributed by atoms with Crippen molar-refractivity contribution >= 4 is 28.2 Å². The zero-order valence-electron chi connectivity index (χ0n) is 15.1. The molecule has 27 heavy (non-hydrogen) atoms. The third-order valence-electron chi connectivity index (χ3n) is 4.19. The smallest absolute Gasteiger partial charge is 0.261 e. The number of nitrogens with one attached hydrogen (secondary N) is 1. The number of amides is 2. The second kappa shape index (κ2) is 7.32. The van der Waals surface area contributed by atoms with Gasteiger partial charge in [-0.3, -0.25) is 9.59 Å². The van der Waals surface area contributed by atoms with Gasteiger partial charge in [-0.15, -0.1) is 11.3 Å². The molecule has 3 N–H and O–H groups in total. The summed E-state index contributed by atoms with van der Waals surface area (Å²) >= 11 is 1.24. The zero-order valence-corrected chi connectivity index (χ0v) is 15.9. The van der Waals surface area contributed by atoms with Gasteiger partial charge in [0.05, 0.1) is 11.3 Å². The summed E-state index contributed by atoms with van der Waals surface area (Å²) in [5, 5.41) is 6.97. The molecule has 3 rings (SSSR count). The van der Waals surface area contributed by atoms with Crippen LogP contribution in [0.2, 0.25) is 0 Å². The first-order valence-electron chi connectivity index (χ1n) is 8.29. The molecule has 2 aromatic heterocycles. The number of carbonyl (C=O) groups excluding carboxylic acids is 2. The minimum atomic E-state index is -0.674. The van der Waals surface area contributed by atoms with Gasteiger partial charge in [-0.2, -0.15) is 0 Å². The van der Waals surface area contributed by atoms with Gasteiger partial charge in [-0.1, -0.05) is 24.2 Å². The molecule has 0 radical (unpaired) electrons. The average molecular weight is 387 g/mol. The average Bonchev–Trinajstić information content (AvgIpc) is 3.15. The molecule has 3 aromatic rings. The van der Waals surface area contributed by atoms with Gasteiger partial charge in [0.2, 0.25) is 0 Å². The fourth-order valence-corrected chi connectivity index (χ4v) is 4.02. The third kappa shape index (κ3) is 3.48. The molecule has 6 nitrogen and oxygen atoms in total. The normalized spacial score (nSPS) is 10.8.